The Labute approximate surface area is 197 Å². The van der Waals surface area contributed by atoms with Crippen LogP contribution in [0.4, 0.5) is 17.3 Å². The Bertz CT molecular complexity index is 1270. The molecule has 1 saturated carbocycles. The minimum absolute atomic E-state index is 0.101. The Kier molecular flexibility index (Phi) is 5.79. The predicted octanol–water partition coefficient (Wildman–Crippen LogP) is 3.50. The van der Waals surface area contributed by atoms with E-state index < -0.39 is 5.92 Å². The number of aryl methyl sites for hydroxylation is 1. The quantitative estimate of drug-likeness (QED) is 0.371. The van der Waals surface area contributed by atoms with Crippen LogP contribution >= 0.6 is 0 Å². The van der Waals surface area contributed by atoms with Crippen molar-refractivity contribution >= 4 is 35.4 Å². The van der Waals surface area contributed by atoms with E-state index >= 15 is 0 Å². The molecule has 34 heavy (non-hydrogen) atoms. The van der Waals surface area contributed by atoms with E-state index in [0.29, 0.717) is 36.0 Å². The van der Waals surface area contributed by atoms with E-state index in [1.165, 1.54) is 0 Å². The van der Waals surface area contributed by atoms with E-state index in [1.807, 2.05) is 25.1 Å². The summed E-state index contributed by atoms with van der Waals surface area (Å²) in [5.74, 6) is -0.262. The minimum atomic E-state index is -0.832. The summed E-state index contributed by atoms with van der Waals surface area (Å²) in [6.07, 6.45) is 4.81. The Morgan fingerprint density at radius 1 is 1.21 bits per heavy atom. The molecule has 2 aromatic carbocycles. The number of nitrogens with zero attached hydrogens (tertiary/aromatic N) is 2. The second-order valence-electron chi connectivity index (χ2n) is 8.89. The second kappa shape index (κ2) is 9.05. The number of hydrogen-bond donors (Lipinski definition) is 3. The molecule has 2 amide bonds. The first kappa shape index (κ1) is 21.8. The summed E-state index contributed by atoms with van der Waals surface area (Å²) < 4.78 is 0. The topological polar surface area (TPSA) is 113 Å². The molecule has 2 heterocycles. The van der Waals surface area contributed by atoms with Crippen LogP contribution in [0.5, 0.6) is 0 Å². The van der Waals surface area contributed by atoms with Crippen molar-refractivity contribution in [2.24, 2.45) is 5.92 Å². The highest BCUT2D eigenvalue weighted by Crippen LogP contribution is 2.34. The number of amides is 2. The lowest BCUT2D eigenvalue weighted by Crippen LogP contribution is -2.31. The van der Waals surface area contributed by atoms with Gasteiger partial charge in [0, 0.05) is 29.6 Å². The zero-order valence-corrected chi connectivity index (χ0v) is 18.8. The molecule has 0 saturated heterocycles. The molecule has 0 radical (unpaired) electrons. The third kappa shape index (κ3) is 4.66. The molecule has 0 bridgehead atoms. The summed E-state index contributed by atoms with van der Waals surface area (Å²) in [5.41, 5.74) is 5.44. The predicted molar refractivity (Wildman–Crippen MR) is 129 cm³/mol. The van der Waals surface area contributed by atoms with Crippen LogP contribution in [0.2, 0.25) is 0 Å². The highest BCUT2D eigenvalue weighted by atomic mass is 16.2. The number of rotatable bonds is 7. The molecule has 1 aliphatic carbocycles. The van der Waals surface area contributed by atoms with Crippen molar-refractivity contribution in [3.8, 4) is 11.3 Å². The molecule has 8 nitrogen and oxygen atoms in total. The fourth-order valence-electron chi connectivity index (χ4n) is 4.04. The van der Waals surface area contributed by atoms with Gasteiger partial charge in [0.25, 0.3) is 0 Å². The molecule has 172 valence electrons. The number of fused-ring (bicyclic) bond motifs is 3. The fraction of sp³-hybridized carbons (Fsp3) is 0.269. The van der Waals surface area contributed by atoms with E-state index in [4.69, 9.17) is 0 Å². The lowest BCUT2D eigenvalue weighted by atomic mass is 9.99. The van der Waals surface area contributed by atoms with Gasteiger partial charge in [0.05, 0.1) is 17.8 Å². The number of anilines is 3. The van der Waals surface area contributed by atoms with Crippen molar-refractivity contribution in [2.75, 3.05) is 17.2 Å². The molecule has 1 fully saturated rings. The monoisotopic (exact) mass is 455 g/mol. The summed E-state index contributed by atoms with van der Waals surface area (Å²) in [6.45, 7) is 2.60. The summed E-state index contributed by atoms with van der Waals surface area (Å²) in [6, 6.07) is 13.0. The SMILES string of the molecule is Cc1ccc2c(c1)NC(=O)Cc1cnc(Nc3ccc(C(C=O)C(=O)NCC4CC4)cc3)nc1-2. The fourth-order valence-corrected chi connectivity index (χ4v) is 4.04. The zero-order valence-electron chi connectivity index (χ0n) is 18.8. The highest BCUT2D eigenvalue weighted by molar-refractivity contribution is 6.00. The molecule has 0 spiro atoms. The van der Waals surface area contributed by atoms with Crippen molar-refractivity contribution in [1.82, 2.24) is 15.3 Å². The summed E-state index contributed by atoms with van der Waals surface area (Å²) >= 11 is 0. The lowest BCUT2D eigenvalue weighted by Gasteiger charge is -2.13. The van der Waals surface area contributed by atoms with Crippen LogP contribution in [0.15, 0.2) is 48.7 Å². The van der Waals surface area contributed by atoms with Gasteiger partial charge >= 0.3 is 0 Å². The van der Waals surface area contributed by atoms with Gasteiger partial charge in [-0.25, -0.2) is 9.97 Å². The number of carbonyl (C=O) groups excluding carboxylic acids is 3. The average molecular weight is 456 g/mol. The number of nitrogens with one attached hydrogen (secondary N) is 3. The molecule has 5 rings (SSSR count). The maximum atomic E-state index is 12.4. The van der Waals surface area contributed by atoms with Crippen molar-refractivity contribution in [3.63, 3.8) is 0 Å². The van der Waals surface area contributed by atoms with E-state index in [1.54, 1.807) is 30.5 Å². The van der Waals surface area contributed by atoms with Gasteiger partial charge < -0.3 is 20.7 Å². The summed E-state index contributed by atoms with van der Waals surface area (Å²) in [4.78, 5) is 45.3. The molecule has 3 aromatic rings. The average Bonchev–Trinajstić information content (AvgIpc) is 3.66. The Hall–Kier alpha value is -4.07. The van der Waals surface area contributed by atoms with Crippen LogP contribution in [0.25, 0.3) is 11.3 Å². The lowest BCUT2D eigenvalue weighted by molar-refractivity contribution is -0.126. The van der Waals surface area contributed by atoms with Gasteiger partial charge in [-0.1, -0.05) is 24.3 Å². The Morgan fingerprint density at radius 3 is 2.74 bits per heavy atom. The molecule has 1 aliphatic heterocycles. The first-order valence-corrected chi connectivity index (χ1v) is 11.4. The highest BCUT2D eigenvalue weighted by Gasteiger charge is 2.25. The molecule has 2 aliphatic rings. The first-order valence-electron chi connectivity index (χ1n) is 11.4. The van der Waals surface area contributed by atoms with Gasteiger partial charge in [0.1, 0.15) is 12.2 Å². The third-order valence-electron chi connectivity index (χ3n) is 6.13. The second-order valence-corrected chi connectivity index (χ2v) is 8.89. The van der Waals surface area contributed by atoms with Crippen LogP contribution in [0, 0.1) is 12.8 Å². The van der Waals surface area contributed by atoms with Crippen LogP contribution in [0.3, 0.4) is 0 Å². The van der Waals surface area contributed by atoms with Crippen molar-refractivity contribution in [2.45, 2.75) is 32.1 Å². The van der Waals surface area contributed by atoms with Gasteiger partial charge in [-0.05, 0) is 55.0 Å². The normalized spacial score (nSPS) is 15.3. The summed E-state index contributed by atoms with van der Waals surface area (Å²) in [5, 5.41) is 8.98. The first-order chi connectivity index (χ1) is 16.5. The van der Waals surface area contributed by atoms with Gasteiger partial charge in [0.15, 0.2) is 0 Å². The Morgan fingerprint density at radius 2 is 2.00 bits per heavy atom. The molecule has 3 N–H and O–H groups in total. The van der Waals surface area contributed by atoms with Gasteiger partial charge in [-0.2, -0.15) is 0 Å². The number of benzene rings is 2. The largest absolute Gasteiger partial charge is 0.355 e. The van der Waals surface area contributed by atoms with Gasteiger partial charge in [0.2, 0.25) is 17.8 Å². The van der Waals surface area contributed by atoms with Crippen molar-refractivity contribution in [1.29, 1.82) is 0 Å². The van der Waals surface area contributed by atoms with Crippen LogP contribution in [-0.4, -0.2) is 34.6 Å². The smallest absolute Gasteiger partial charge is 0.234 e. The van der Waals surface area contributed by atoms with E-state index in [-0.39, 0.29) is 18.2 Å². The van der Waals surface area contributed by atoms with Crippen LogP contribution in [-0.2, 0) is 20.8 Å². The standard InChI is InChI=1S/C26H25N5O3/c1-15-2-9-20-22(10-15)30-23(33)11-18-13-28-26(31-24(18)20)29-19-7-5-17(6-8-19)21(14-32)25(34)27-12-16-3-4-16/h2,5-10,13-14,16,21H,3-4,11-12H2,1H3,(H,27,34)(H,30,33)(H,28,29,31). The Balaban J connectivity index is 1.35. The molecule has 1 atom stereocenters. The molecular formula is C26H25N5O3. The maximum absolute atomic E-state index is 12.4. The van der Waals surface area contributed by atoms with E-state index in [0.717, 1.165) is 40.9 Å². The number of carbonyl (C=O) groups is 3. The van der Waals surface area contributed by atoms with Crippen molar-refractivity contribution < 1.29 is 14.4 Å². The third-order valence-corrected chi connectivity index (χ3v) is 6.13. The minimum Gasteiger partial charge on any atom is -0.355 e. The maximum Gasteiger partial charge on any atom is 0.234 e. The van der Waals surface area contributed by atoms with Crippen molar-refractivity contribution in [3.05, 3.63) is 65.4 Å². The van der Waals surface area contributed by atoms with Gasteiger partial charge in [-0.15, -0.1) is 0 Å². The van der Waals surface area contributed by atoms with E-state index in [2.05, 4.69) is 25.9 Å². The number of hydrogen-bond acceptors (Lipinski definition) is 6. The number of aromatic nitrogens is 2. The molecule has 1 unspecified atom stereocenters. The van der Waals surface area contributed by atoms with E-state index in [9.17, 15) is 14.4 Å². The summed E-state index contributed by atoms with van der Waals surface area (Å²) in [7, 11) is 0. The number of aldehydes is 1. The van der Waals surface area contributed by atoms with Gasteiger partial charge in [-0.3, -0.25) is 9.59 Å². The zero-order chi connectivity index (χ0) is 23.7. The molecule has 8 heteroatoms. The van der Waals surface area contributed by atoms with Crippen LogP contribution < -0.4 is 16.0 Å². The molecule has 1 aromatic heterocycles. The molecular weight excluding hydrogens is 430 g/mol. The van der Waals surface area contributed by atoms with Crippen LogP contribution in [0.1, 0.15) is 35.4 Å².